The zero-order valence-electron chi connectivity index (χ0n) is 6.98. The molecule has 0 aliphatic rings. The van der Waals surface area contributed by atoms with Gasteiger partial charge in [-0.1, -0.05) is 16.6 Å². The second-order valence-electron chi connectivity index (χ2n) is 2.60. The van der Waals surface area contributed by atoms with E-state index in [9.17, 15) is 9.18 Å². The van der Waals surface area contributed by atoms with E-state index >= 15 is 0 Å². The average Bonchev–Trinajstić information content (AvgIpc) is 2.70. The third-order valence-corrected chi connectivity index (χ3v) is 2.22. The Morgan fingerprint density at radius 1 is 1.36 bits per heavy atom. The zero-order valence-corrected chi connectivity index (χ0v) is 7.79. The molecule has 0 N–H and O–H groups in total. The lowest BCUT2D eigenvalue weighted by molar-refractivity contribution is 0.103. The third-order valence-electron chi connectivity index (χ3n) is 1.71. The van der Waals surface area contributed by atoms with Crippen LogP contribution in [0.5, 0.6) is 0 Å². The van der Waals surface area contributed by atoms with E-state index in [1.807, 2.05) is 0 Å². The van der Waals surface area contributed by atoms with Crippen LogP contribution in [0.25, 0.3) is 0 Å². The van der Waals surface area contributed by atoms with Crippen molar-refractivity contribution < 1.29 is 9.18 Å². The summed E-state index contributed by atoms with van der Waals surface area (Å²) >= 11 is 1.06. The summed E-state index contributed by atoms with van der Waals surface area (Å²) in [7, 11) is 0. The van der Waals surface area contributed by atoms with Crippen LogP contribution in [0.3, 0.4) is 0 Å². The summed E-state index contributed by atoms with van der Waals surface area (Å²) in [5, 5.41) is 5.08. The van der Waals surface area contributed by atoms with Crippen LogP contribution in [0.4, 0.5) is 4.39 Å². The number of hydrogen-bond acceptors (Lipinski definition) is 4. The Bertz CT molecular complexity index is 456. The summed E-state index contributed by atoms with van der Waals surface area (Å²) in [6.45, 7) is 0. The van der Waals surface area contributed by atoms with Gasteiger partial charge >= 0.3 is 0 Å². The van der Waals surface area contributed by atoms with Gasteiger partial charge in [-0.05, 0) is 23.7 Å². The van der Waals surface area contributed by atoms with E-state index in [1.165, 1.54) is 23.6 Å². The number of rotatable bonds is 2. The predicted molar refractivity (Wildman–Crippen MR) is 49.7 cm³/mol. The monoisotopic (exact) mass is 208 g/mol. The molecule has 3 nitrogen and oxygen atoms in total. The van der Waals surface area contributed by atoms with Gasteiger partial charge in [-0.25, -0.2) is 4.39 Å². The molecule has 0 spiro atoms. The quantitative estimate of drug-likeness (QED) is 0.708. The van der Waals surface area contributed by atoms with Gasteiger partial charge in [0, 0.05) is 5.38 Å². The molecule has 70 valence electrons. The second kappa shape index (κ2) is 3.63. The van der Waals surface area contributed by atoms with Crippen LogP contribution < -0.4 is 0 Å². The summed E-state index contributed by atoms with van der Waals surface area (Å²) in [6, 6.07) is 5.81. The summed E-state index contributed by atoms with van der Waals surface area (Å²) in [6.07, 6.45) is 0. The van der Waals surface area contributed by atoms with Crippen molar-refractivity contribution in [3.05, 3.63) is 46.7 Å². The van der Waals surface area contributed by atoms with Crippen molar-refractivity contribution in [2.45, 2.75) is 0 Å². The lowest BCUT2D eigenvalue weighted by Crippen LogP contribution is -2.04. The Kier molecular flexibility index (Phi) is 2.32. The maximum Gasteiger partial charge on any atom is 0.217 e. The highest BCUT2D eigenvalue weighted by atomic mass is 32.1. The number of aromatic nitrogens is 2. The SMILES string of the molecule is O=C(c1csnn1)c1ccccc1F. The minimum absolute atomic E-state index is 0.0280. The van der Waals surface area contributed by atoms with E-state index in [4.69, 9.17) is 0 Å². The minimum Gasteiger partial charge on any atom is -0.287 e. The molecule has 1 aromatic heterocycles. The van der Waals surface area contributed by atoms with Gasteiger partial charge in [-0.15, -0.1) is 5.10 Å². The fraction of sp³-hybridized carbons (Fsp3) is 0. The van der Waals surface area contributed by atoms with E-state index in [0.29, 0.717) is 0 Å². The zero-order chi connectivity index (χ0) is 9.97. The van der Waals surface area contributed by atoms with Crippen molar-refractivity contribution in [3.63, 3.8) is 0 Å². The summed E-state index contributed by atoms with van der Waals surface area (Å²) in [5.74, 6) is -0.970. The molecule has 1 aromatic carbocycles. The number of hydrogen-bond donors (Lipinski definition) is 0. The van der Waals surface area contributed by atoms with Gasteiger partial charge in [-0.3, -0.25) is 4.79 Å². The van der Waals surface area contributed by atoms with E-state index in [0.717, 1.165) is 11.5 Å². The number of halogens is 1. The lowest BCUT2D eigenvalue weighted by Gasteiger charge is -1.97. The first-order chi connectivity index (χ1) is 6.79. The minimum atomic E-state index is -0.537. The number of carbonyl (C=O) groups excluding carboxylic acids is 1. The summed E-state index contributed by atoms with van der Waals surface area (Å²) < 4.78 is 16.7. The lowest BCUT2D eigenvalue weighted by atomic mass is 10.1. The molecule has 0 amide bonds. The van der Waals surface area contributed by atoms with Gasteiger partial charge < -0.3 is 0 Å². The van der Waals surface area contributed by atoms with Gasteiger partial charge in [0.1, 0.15) is 11.5 Å². The standard InChI is InChI=1S/C9H5FN2OS/c10-7-4-2-1-3-6(7)9(13)8-5-14-12-11-8/h1-5H. The van der Waals surface area contributed by atoms with Crippen molar-refractivity contribution in [3.8, 4) is 0 Å². The number of benzene rings is 1. The second-order valence-corrected chi connectivity index (χ2v) is 3.21. The molecule has 0 aliphatic heterocycles. The first-order valence-electron chi connectivity index (χ1n) is 3.85. The van der Waals surface area contributed by atoms with Crippen LogP contribution in [0.1, 0.15) is 16.1 Å². The van der Waals surface area contributed by atoms with Crippen LogP contribution in [0, 0.1) is 5.82 Å². The highest BCUT2D eigenvalue weighted by Gasteiger charge is 2.15. The number of nitrogens with zero attached hydrogens (tertiary/aromatic N) is 2. The molecule has 0 saturated heterocycles. The number of ketones is 1. The van der Waals surface area contributed by atoms with Gasteiger partial charge in [0.2, 0.25) is 5.78 Å². The van der Waals surface area contributed by atoms with Crippen LogP contribution in [0.2, 0.25) is 0 Å². The molecule has 1 heterocycles. The van der Waals surface area contributed by atoms with E-state index in [-0.39, 0.29) is 11.3 Å². The molecule has 0 aliphatic carbocycles. The maximum absolute atomic E-state index is 13.2. The molecule has 0 fully saturated rings. The third kappa shape index (κ3) is 1.54. The van der Waals surface area contributed by atoms with Gasteiger partial charge in [0.25, 0.3) is 0 Å². The molecule has 0 unspecified atom stereocenters. The largest absolute Gasteiger partial charge is 0.287 e. The molecule has 14 heavy (non-hydrogen) atoms. The summed E-state index contributed by atoms with van der Waals surface area (Å²) in [5.41, 5.74) is 0.209. The van der Waals surface area contributed by atoms with Crippen molar-refractivity contribution in [1.29, 1.82) is 0 Å². The van der Waals surface area contributed by atoms with E-state index in [1.54, 1.807) is 6.07 Å². The number of carbonyl (C=O) groups is 1. The van der Waals surface area contributed by atoms with Crippen molar-refractivity contribution in [2.75, 3.05) is 0 Å². The molecule has 2 aromatic rings. The molecule has 2 rings (SSSR count). The van der Waals surface area contributed by atoms with E-state index < -0.39 is 11.6 Å². The average molecular weight is 208 g/mol. The highest BCUT2D eigenvalue weighted by Crippen LogP contribution is 2.11. The topological polar surface area (TPSA) is 42.9 Å². The Balaban J connectivity index is 2.42. The fourth-order valence-electron chi connectivity index (χ4n) is 1.05. The van der Waals surface area contributed by atoms with Crippen LogP contribution >= 0.6 is 11.5 Å². The van der Waals surface area contributed by atoms with Crippen LogP contribution in [-0.4, -0.2) is 15.4 Å². The molecular weight excluding hydrogens is 203 g/mol. The molecule has 5 heteroatoms. The first-order valence-corrected chi connectivity index (χ1v) is 4.69. The molecular formula is C9H5FN2OS. The molecule has 0 atom stereocenters. The van der Waals surface area contributed by atoms with Crippen molar-refractivity contribution >= 4 is 17.3 Å². The van der Waals surface area contributed by atoms with Crippen molar-refractivity contribution in [2.24, 2.45) is 0 Å². The Labute approximate surface area is 83.4 Å². The Hall–Kier alpha value is -1.62. The summed E-state index contributed by atoms with van der Waals surface area (Å²) in [4.78, 5) is 11.6. The highest BCUT2D eigenvalue weighted by molar-refractivity contribution is 7.03. The van der Waals surface area contributed by atoms with E-state index in [2.05, 4.69) is 9.59 Å². The molecule has 0 bridgehead atoms. The molecule has 0 radical (unpaired) electrons. The predicted octanol–water partition coefficient (Wildman–Crippen LogP) is 1.91. The van der Waals surface area contributed by atoms with Gasteiger partial charge in [0.05, 0.1) is 5.56 Å². The van der Waals surface area contributed by atoms with Crippen LogP contribution in [-0.2, 0) is 0 Å². The molecule has 0 saturated carbocycles. The van der Waals surface area contributed by atoms with Gasteiger partial charge in [0.15, 0.2) is 0 Å². The van der Waals surface area contributed by atoms with Crippen molar-refractivity contribution in [1.82, 2.24) is 9.59 Å². The normalized spacial score (nSPS) is 10.1. The van der Waals surface area contributed by atoms with Crippen LogP contribution in [0.15, 0.2) is 29.6 Å². The first kappa shape index (κ1) is 8.96. The smallest absolute Gasteiger partial charge is 0.217 e. The maximum atomic E-state index is 13.2. The van der Waals surface area contributed by atoms with Gasteiger partial charge in [-0.2, -0.15) is 0 Å². The fourth-order valence-corrected chi connectivity index (χ4v) is 1.48. The Morgan fingerprint density at radius 3 is 2.79 bits per heavy atom. The Morgan fingerprint density at radius 2 is 2.14 bits per heavy atom.